The van der Waals surface area contributed by atoms with Crippen LogP contribution in [0.2, 0.25) is 0 Å². The summed E-state index contributed by atoms with van der Waals surface area (Å²) in [5, 5.41) is 3.10. The highest BCUT2D eigenvalue weighted by Gasteiger charge is 2.21. The maximum atomic E-state index is 12.1. The fraction of sp³-hybridized carbons (Fsp3) is 0.400. The molecule has 1 aliphatic heterocycles. The summed E-state index contributed by atoms with van der Waals surface area (Å²) in [7, 11) is 0. The van der Waals surface area contributed by atoms with Gasteiger partial charge in [-0.2, -0.15) is 0 Å². The standard InChI is InChI=1S/C20H25N3O2/c24-20(16-25-15-17-6-2-1-3-7-17)22-19-9-5-11-23(14-19)13-18-8-4-10-21-12-18/h1-4,6-8,10,12,19H,5,9,11,13-16H2,(H,22,24)/t19-/m0/s1. The lowest BCUT2D eigenvalue weighted by Crippen LogP contribution is -2.48. The Morgan fingerprint density at radius 1 is 1.20 bits per heavy atom. The first-order chi connectivity index (χ1) is 12.3. The van der Waals surface area contributed by atoms with Gasteiger partial charge in [0.1, 0.15) is 6.61 Å². The molecule has 0 spiro atoms. The molecule has 0 bridgehead atoms. The van der Waals surface area contributed by atoms with Gasteiger partial charge in [-0.05, 0) is 36.6 Å². The summed E-state index contributed by atoms with van der Waals surface area (Å²) in [5.41, 5.74) is 2.29. The van der Waals surface area contributed by atoms with Gasteiger partial charge in [0.25, 0.3) is 0 Å². The Hall–Kier alpha value is -2.24. The maximum absolute atomic E-state index is 12.1. The molecule has 1 atom stereocenters. The molecule has 2 heterocycles. The van der Waals surface area contributed by atoms with Crippen LogP contribution in [0.25, 0.3) is 0 Å². The van der Waals surface area contributed by atoms with E-state index in [4.69, 9.17) is 4.74 Å². The lowest BCUT2D eigenvalue weighted by molar-refractivity contribution is -0.127. The summed E-state index contributed by atoms with van der Waals surface area (Å²) >= 11 is 0. The first-order valence-corrected chi connectivity index (χ1v) is 8.82. The van der Waals surface area contributed by atoms with Crippen LogP contribution in [0.15, 0.2) is 54.9 Å². The van der Waals surface area contributed by atoms with Gasteiger partial charge in [-0.15, -0.1) is 0 Å². The number of hydrogen-bond acceptors (Lipinski definition) is 4. The van der Waals surface area contributed by atoms with E-state index in [9.17, 15) is 4.79 Å². The Balaban J connectivity index is 1.39. The minimum absolute atomic E-state index is 0.0378. The molecule has 5 nitrogen and oxygen atoms in total. The lowest BCUT2D eigenvalue weighted by Gasteiger charge is -2.33. The summed E-state index contributed by atoms with van der Waals surface area (Å²) in [6, 6.07) is 14.1. The Morgan fingerprint density at radius 2 is 2.04 bits per heavy atom. The fourth-order valence-electron chi connectivity index (χ4n) is 3.17. The zero-order valence-corrected chi connectivity index (χ0v) is 14.4. The number of pyridine rings is 1. The van der Waals surface area contributed by atoms with E-state index in [1.807, 2.05) is 42.6 Å². The number of likely N-dealkylation sites (tertiary alicyclic amines) is 1. The molecule has 0 radical (unpaired) electrons. The van der Waals surface area contributed by atoms with Crippen molar-refractivity contribution >= 4 is 5.91 Å². The number of aromatic nitrogens is 1. The Morgan fingerprint density at radius 3 is 2.84 bits per heavy atom. The van der Waals surface area contributed by atoms with Gasteiger partial charge >= 0.3 is 0 Å². The van der Waals surface area contributed by atoms with Gasteiger partial charge in [-0.1, -0.05) is 36.4 Å². The third-order valence-electron chi connectivity index (χ3n) is 4.34. The summed E-state index contributed by atoms with van der Waals surface area (Å²) in [4.78, 5) is 18.6. The Kier molecular flexibility index (Phi) is 6.54. The average Bonchev–Trinajstić information content (AvgIpc) is 2.64. The smallest absolute Gasteiger partial charge is 0.246 e. The summed E-state index contributed by atoms with van der Waals surface area (Å²) in [6.07, 6.45) is 5.81. The predicted molar refractivity (Wildman–Crippen MR) is 96.8 cm³/mol. The van der Waals surface area contributed by atoms with Crippen LogP contribution in [0.3, 0.4) is 0 Å². The quantitative estimate of drug-likeness (QED) is 0.841. The van der Waals surface area contributed by atoms with Crippen LogP contribution in [-0.4, -0.2) is 41.5 Å². The van der Waals surface area contributed by atoms with Gasteiger partial charge in [-0.25, -0.2) is 0 Å². The highest BCUT2D eigenvalue weighted by molar-refractivity contribution is 5.77. The second kappa shape index (κ2) is 9.30. The van der Waals surface area contributed by atoms with Crippen molar-refractivity contribution in [3.8, 4) is 0 Å². The van der Waals surface area contributed by atoms with Gasteiger partial charge in [-0.3, -0.25) is 14.7 Å². The first kappa shape index (κ1) is 17.6. The van der Waals surface area contributed by atoms with Crippen molar-refractivity contribution in [3.05, 3.63) is 66.0 Å². The van der Waals surface area contributed by atoms with Crippen molar-refractivity contribution in [2.24, 2.45) is 0 Å². The van der Waals surface area contributed by atoms with Crippen LogP contribution in [0.5, 0.6) is 0 Å². The zero-order chi connectivity index (χ0) is 17.3. The molecule has 0 unspecified atom stereocenters. The number of ether oxygens (including phenoxy) is 1. The van der Waals surface area contributed by atoms with Crippen molar-refractivity contribution in [2.45, 2.75) is 32.0 Å². The third-order valence-corrected chi connectivity index (χ3v) is 4.34. The van der Waals surface area contributed by atoms with Crippen molar-refractivity contribution in [3.63, 3.8) is 0 Å². The highest BCUT2D eigenvalue weighted by Crippen LogP contribution is 2.13. The molecule has 1 N–H and O–H groups in total. The largest absolute Gasteiger partial charge is 0.367 e. The van der Waals surface area contributed by atoms with Crippen LogP contribution in [-0.2, 0) is 22.7 Å². The number of rotatable bonds is 7. The second-order valence-corrected chi connectivity index (χ2v) is 6.48. The van der Waals surface area contributed by atoms with Crippen LogP contribution in [0, 0.1) is 0 Å². The fourth-order valence-corrected chi connectivity index (χ4v) is 3.17. The van der Waals surface area contributed by atoms with E-state index in [1.54, 1.807) is 6.20 Å². The van der Waals surface area contributed by atoms with E-state index in [1.165, 1.54) is 5.56 Å². The zero-order valence-electron chi connectivity index (χ0n) is 14.4. The number of nitrogens with one attached hydrogen (secondary N) is 1. The highest BCUT2D eigenvalue weighted by atomic mass is 16.5. The summed E-state index contributed by atoms with van der Waals surface area (Å²) < 4.78 is 5.51. The van der Waals surface area contributed by atoms with Gasteiger partial charge in [0.15, 0.2) is 0 Å². The van der Waals surface area contributed by atoms with Crippen LogP contribution >= 0.6 is 0 Å². The molecule has 25 heavy (non-hydrogen) atoms. The minimum atomic E-state index is -0.0378. The predicted octanol–water partition coefficient (Wildman–Crippen LogP) is 2.38. The molecular weight excluding hydrogens is 314 g/mol. The third kappa shape index (κ3) is 5.96. The second-order valence-electron chi connectivity index (χ2n) is 6.48. The molecule has 1 saturated heterocycles. The maximum Gasteiger partial charge on any atom is 0.246 e. The molecule has 1 aliphatic rings. The number of carbonyl (C=O) groups is 1. The van der Waals surface area contributed by atoms with Crippen LogP contribution < -0.4 is 5.32 Å². The van der Waals surface area contributed by atoms with E-state index in [0.29, 0.717) is 6.61 Å². The number of piperidine rings is 1. The molecule has 3 rings (SSSR count). The Labute approximate surface area is 149 Å². The molecule has 0 saturated carbocycles. The summed E-state index contributed by atoms with van der Waals surface area (Å²) in [6.45, 7) is 3.38. The van der Waals surface area contributed by atoms with Crippen molar-refractivity contribution in [2.75, 3.05) is 19.7 Å². The molecule has 1 aromatic heterocycles. The SMILES string of the molecule is O=C(COCc1ccccc1)N[C@H]1CCCN(Cc2cccnc2)C1. The number of benzene rings is 1. The normalized spacial score (nSPS) is 18.0. The van der Waals surface area contributed by atoms with Crippen molar-refractivity contribution in [1.29, 1.82) is 0 Å². The Bertz CT molecular complexity index is 649. The van der Waals surface area contributed by atoms with Crippen molar-refractivity contribution in [1.82, 2.24) is 15.2 Å². The molecule has 1 amide bonds. The van der Waals surface area contributed by atoms with Gasteiger partial charge in [0, 0.05) is 31.5 Å². The molecular formula is C20H25N3O2. The van der Waals surface area contributed by atoms with Gasteiger partial charge in [0.05, 0.1) is 6.61 Å². The number of amides is 1. The molecule has 132 valence electrons. The van der Waals surface area contributed by atoms with E-state index >= 15 is 0 Å². The topological polar surface area (TPSA) is 54.5 Å². The van der Waals surface area contributed by atoms with Gasteiger partial charge in [0.2, 0.25) is 5.91 Å². The van der Waals surface area contributed by atoms with Crippen molar-refractivity contribution < 1.29 is 9.53 Å². The monoisotopic (exact) mass is 339 g/mol. The van der Waals surface area contributed by atoms with E-state index in [-0.39, 0.29) is 18.6 Å². The van der Waals surface area contributed by atoms with E-state index in [2.05, 4.69) is 21.3 Å². The molecule has 5 heteroatoms. The number of nitrogens with zero attached hydrogens (tertiary/aromatic N) is 2. The molecule has 1 aromatic carbocycles. The van der Waals surface area contributed by atoms with Crippen LogP contribution in [0.4, 0.5) is 0 Å². The summed E-state index contributed by atoms with van der Waals surface area (Å²) in [5.74, 6) is -0.0378. The number of hydrogen-bond donors (Lipinski definition) is 1. The first-order valence-electron chi connectivity index (χ1n) is 8.82. The lowest BCUT2D eigenvalue weighted by atomic mass is 10.0. The molecule has 2 aromatic rings. The molecule has 1 fully saturated rings. The number of carbonyl (C=O) groups excluding carboxylic acids is 1. The van der Waals surface area contributed by atoms with E-state index < -0.39 is 0 Å². The minimum Gasteiger partial charge on any atom is -0.367 e. The molecule has 0 aliphatic carbocycles. The van der Waals surface area contributed by atoms with Crippen LogP contribution in [0.1, 0.15) is 24.0 Å². The van der Waals surface area contributed by atoms with Gasteiger partial charge < -0.3 is 10.1 Å². The average molecular weight is 339 g/mol. The van der Waals surface area contributed by atoms with E-state index in [0.717, 1.165) is 38.0 Å².